The summed E-state index contributed by atoms with van der Waals surface area (Å²) >= 11 is 0. The molecule has 3 amide bonds. The first-order valence-corrected chi connectivity index (χ1v) is 8.57. The Morgan fingerprint density at radius 3 is 2.38 bits per heavy atom. The number of carbonyl (C=O) groups is 3. The van der Waals surface area contributed by atoms with Gasteiger partial charge >= 0.3 is 0 Å². The van der Waals surface area contributed by atoms with Crippen LogP contribution in [0, 0.1) is 5.92 Å². The number of nitrogens with one attached hydrogen (secondary N) is 3. The van der Waals surface area contributed by atoms with Crippen molar-refractivity contribution in [2.75, 3.05) is 16.0 Å². The van der Waals surface area contributed by atoms with Gasteiger partial charge in [-0.25, -0.2) is 0 Å². The Hall–Kier alpha value is -3.15. The van der Waals surface area contributed by atoms with Crippen molar-refractivity contribution >= 4 is 34.8 Å². The maximum absolute atomic E-state index is 12.2. The van der Waals surface area contributed by atoms with Gasteiger partial charge in [-0.1, -0.05) is 18.2 Å². The van der Waals surface area contributed by atoms with Gasteiger partial charge in [0.1, 0.15) is 0 Å². The highest BCUT2D eigenvalue weighted by molar-refractivity contribution is 5.96. The summed E-state index contributed by atoms with van der Waals surface area (Å²) in [5.41, 5.74) is 3.29. The van der Waals surface area contributed by atoms with Gasteiger partial charge in [-0.3, -0.25) is 14.4 Å². The predicted octanol–water partition coefficient (Wildman–Crippen LogP) is 3.17. The average molecular weight is 351 g/mol. The minimum atomic E-state index is -0.196. The monoisotopic (exact) mass is 351 g/mol. The van der Waals surface area contributed by atoms with Crippen molar-refractivity contribution in [2.45, 2.75) is 26.2 Å². The van der Waals surface area contributed by atoms with Crippen LogP contribution >= 0.6 is 0 Å². The fourth-order valence-corrected chi connectivity index (χ4v) is 3.02. The summed E-state index contributed by atoms with van der Waals surface area (Å²) in [6.07, 6.45) is 1.42. The molecule has 1 aliphatic heterocycles. The van der Waals surface area contributed by atoms with Gasteiger partial charge in [-0.05, 0) is 48.7 Å². The lowest BCUT2D eigenvalue weighted by Gasteiger charge is -2.24. The van der Waals surface area contributed by atoms with Crippen molar-refractivity contribution in [3.63, 3.8) is 0 Å². The third-order valence-corrected chi connectivity index (χ3v) is 4.32. The van der Waals surface area contributed by atoms with E-state index in [4.69, 9.17) is 0 Å². The smallest absolute Gasteiger partial charge is 0.227 e. The van der Waals surface area contributed by atoms with Gasteiger partial charge in [0.15, 0.2) is 0 Å². The molecule has 0 radical (unpaired) electrons. The van der Waals surface area contributed by atoms with E-state index in [-0.39, 0.29) is 30.1 Å². The lowest BCUT2D eigenvalue weighted by Crippen LogP contribution is -2.30. The quantitative estimate of drug-likeness (QED) is 0.773. The summed E-state index contributed by atoms with van der Waals surface area (Å²) < 4.78 is 0. The lowest BCUT2D eigenvalue weighted by atomic mass is 9.89. The summed E-state index contributed by atoms with van der Waals surface area (Å²) in [6, 6.07) is 14.6. The Morgan fingerprint density at radius 2 is 1.69 bits per heavy atom. The molecule has 2 aromatic carbocycles. The second kappa shape index (κ2) is 7.82. The average Bonchev–Trinajstić information content (AvgIpc) is 2.61. The minimum absolute atomic E-state index is 0.0313. The normalized spacial score (nSPS) is 15.6. The Labute approximate surface area is 152 Å². The molecular weight excluding hydrogens is 330 g/mol. The highest BCUT2D eigenvalue weighted by Gasteiger charge is 2.26. The van der Waals surface area contributed by atoms with Gasteiger partial charge in [-0.2, -0.15) is 0 Å². The van der Waals surface area contributed by atoms with Gasteiger partial charge in [0, 0.05) is 36.3 Å². The molecule has 2 aromatic rings. The Bertz CT molecular complexity index is 830. The van der Waals surface area contributed by atoms with E-state index in [0.717, 1.165) is 11.3 Å². The van der Waals surface area contributed by atoms with Crippen LogP contribution in [-0.2, 0) is 20.8 Å². The zero-order chi connectivity index (χ0) is 18.5. The van der Waals surface area contributed by atoms with Crippen molar-refractivity contribution in [1.29, 1.82) is 0 Å². The van der Waals surface area contributed by atoms with Crippen LogP contribution in [0.15, 0.2) is 48.5 Å². The molecule has 0 saturated heterocycles. The molecule has 1 heterocycles. The number of carbonyl (C=O) groups excluding carboxylic acids is 3. The third kappa shape index (κ3) is 4.47. The maximum atomic E-state index is 12.2. The fourth-order valence-electron chi connectivity index (χ4n) is 3.02. The summed E-state index contributed by atoms with van der Waals surface area (Å²) in [5.74, 6) is -0.507. The topological polar surface area (TPSA) is 87.3 Å². The van der Waals surface area contributed by atoms with Crippen LogP contribution < -0.4 is 16.0 Å². The lowest BCUT2D eigenvalue weighted by molar-refractivity contribution is -0.121. The molecule has 0 spiro atoms. The first-order chi connectivity index (χ1) is 12.5. The molecule has 1 unspecified atom stereocenters. The van der Waals surface area contributed by atoms with Crippen LogP contribution in [0.4, 0.5) is 17.1 Å². The Kier molecular flexibility index (Phi) is 5.31. The van der Waals surface area contributed by atoms with Crippen LogP contribution in [0.25, 0.3) is 0 Å². The first kappa shape index (κ1) is 17.7. The van der Waals surface area contributed by atoms with Gasteiger partial charge in [0.25, 0.3) is 0 Å². The molecule has 3 rings (SSSR count). The molecule has 26 heavy (non-hydrogen) atoms. The van der Waals surface area contributed by atoms with Gasteiger partial charge in [0.05, 0.1) is 0 Å². The van der Waals surface area contributed by atoms with E-state index in [1.807, 2.05) is 24.3 Å². The molecular formula is C20H21N3O3. The van der Waals surface area contributed by atoms with Gasteiger partial charge < -0.3 is 16.0 Å². The van der Waals surface area contributed by atoms with Crippen LogP contribution in [0.3, 0.4) is 0 Å². The van der Waals surface area contributed by atoms with Crippen molar-refractivity contribution in [3.8, 4) is 0 Å². The first-order valence-electron chi connectivity index (χ1n) is 8.57. The number of anilines is 3. The number of para-hydroxylation sites is 1. The fraction of sp³-hybridized carbons (Fsp3) is 0.250. The van der Waals surface area contributed by atoms with E-state index in [1.165, 1.54) is 6.92 Å². The molecule has 1 atom stereocenters. The molecule has 134 valence electrons. The summed E-state index contributed by atoms with van der Waals surface area (Å²) in [4.78, 5) is 35.3. The summed E-state index contributed by atoms with van der Waals surface area (Å²) in [7, 11) is 0. The largest absolute Gasteiger partial charge is 0.326 e. The minimum Gasteiger partial charge on any atom is -0.326 e. The molecule has 3 N–H and O–H groups in total. The Balaban J connectivity index is 1.51. The zero-order valence-corrected chi connectivity index (χ0v) is 14.5. The van der Waals surface area contributed by atoms with Crippen molar-refractivity contribution in [3.05, 3.63) is 54.1 Å². The molecule has 6 heteroatoms. The van der Waals surface area contributed by atoms with Gasteiger partial charge in [-0.15, -0.1) is 0 Å². The Morgan fingerprint density at radius 1 is 1.04 bits per heavy atom. The second-order valence-electron chi connectivity index (χ2n) is 6.39. The SMILES string of the molecule is CC(=O)Nc1ccc(NC(=O)CCC2Cc3ccccc3NC2=O)cc1. The maximum Gasteiger partial charge on any atom is 0.227 e. The summed E-state index contributed by atoms with van der Waals surface area (Å²) in [6.45, 7) is 1.44. The molecule has 0 fully saturated rings. The molecule has 0 bridgehead atoms. The van der Waals surface area contributed by atoms with E-state index in [2.05, 4.69) is 16.0 Å². The van der Waals surface area contributed by atoms with Crippen molar-refractivity contribution in [2.24, 2.45) is 5.92 Å². The number of amides is 3. The van der Waals surface area contributed by atoms with E-state index in [0.29, 0.717) is 24.2 Å². The van der Waals surface area contributed by atoms with Crippen molar-refractivity contribution in [1.82, 2.24) is 0 Å². The van der Waals surface area contributed by atoms with Crippen LogP contribution in [0.5, 0.6) is 0 Å². The highest BCUT2D eigenvalue weighted by Crippen LogP contribution is 2.27. The molecule has 0 aromatic heterocycles. The number of benzene rings is 2. The standard InChI is InChI=1S/C20H21N3O3/c1-13(24)21-16-7-9-17(10-8-16)22-19(25)11-6-15-12-14-4-2-3-5-18(14)23-20(15)26/h2-5,7-10,15H,6,11-12H2,1H3,(H,21,24)(H,22,25)(H,23,26). The number of rotatable bonds is 5. The van der Waals surface area contributed by atoms with Crippen LogP contribution in [0.1, 0.15) is 25.3 Å². The van der Waals surface area contributed by atoms with Crippen LogP contribution in [0.2, 0.25) is 0 Å². The number of hydrogen-bond acceptors (Lipinski definition) is 3. The molecule has 1 aliphatic rings. The molecule has 0 aliphatic carbocycles. The van der Waals surface area contributed by atoms with E-state index >= 15 is 0 Å². The van der Waals surface area contributed by atoms with E-state index in [9.17, 15) is 14.4 Å². The van der Waals surface area contributed by atoms with Crippen molar-refractivity contribution < 1.29 is 14.4 Å². The van der Waals surface area contributed by atoms with E-state index < -0.39 is 0 Å². The van der Waals surface area contributed by atoms with E-state index in [1.54, 1.807) is 24.3 Å². The number of fused-ring (bicyclic) bond motifs is 1. The molecule has 6 nitrogen and oxygen atoms in total. The molecule has 0 saturated carbocycles. The van der Waals surface area contributed by atoms with Gasteiger partial charge in [0.2, 0.25) is 17.7 Å². The third-order valence-electron chi connectivity index (χ3n) is 4.32. The predicted molar refractivity (Wildman–Crippen MR) is 101 cm³/mol. The number of hydrogen-bond donors (Lipinski definition) is 3. The second-order valence-corrected chi connectivity index (χ2v) is 6.39. The summed E-state index contributed by atoms with van der Waals surface area (Å²) in [5, 5.41) is 8.38. The zero-order valence-electron chi connectivity index (χ0n) is 14.5. The highest BCUT2D eigenvalue weighted by atomic mass is 16.2. The van der Waals surface area contributed by atoms with Crippen LogP contribution in [-0.4, -0.2) is 17.7 Å².